The van der Waals surface area contributed by atoms with E-state index in [-0.39, 0.29) is 0 Å². The highest BCUT2D eigenvalue weighted by atomic mass is 16.3. The predicted octanol–water partition coefficient (Wildman–Crippen LogP) is 2.14. The topological polar surface area (TPSA) is 64.1 Å². The van der Waals surface area contributed by atoms with E-state index >= 15 is 0 Å². The highest BCUT2D eigenvalue weighted by molar-refractivity contribution is 5.73. The van der Waals surface area contributed by atoms with E-state index in [2.05, 4.69) is 22.4 Å². The molecule has 4 heteroatoms. The lowest BCUT2D eigenvalue weighted by molar-refractivity contribution is 0.528. The first-order valence-electron chi connectivity index (χ1n) is 5.99. The minimum atomic E-state index is 0.327. The van der Waals surface area contributed by atoms with Gasteiger partial charge in [-0.1, -0.05) is 6.07 Å². The molecule has 0 spiro atoms. The van der Waals surface area contributed by atoms with Crippen LogP contribution in [0.3, 0.4) is 0 Å². The van der Waals surface area contributed by atoms with Crippen molar-refractivity contribution < 1.29 is 4.42 Å². The first kappa shape index (κ1) is 12.1. The SMILES string of the molecule is CNC(CCCN)c1ccc2nc(C)oc2c1. The zero-order valence-electron chi connectivity index (χ0n) is 10.4. The zero-order valence-corrected chi connectivity index (χ0v) is 10.4. The van der Waals surface area contributed by atoms with E-state index in [0.717, 1.165) is 30.5 Å². The summed E-state index contributed by atoms with van der Waals surface area (Å²) in [6, 6.07) is 6.50. The molecule has 4 nitrogen and oxygen atoms in total. The Morgan fingerprint density at radius 3 is 3.00 bits per heavy atom. The van der Waals surface area contributed by atoms with Crippen molar-refractivity contribution in [3.05, 3.63) is 29.7 Å². The number of hydrogen-bond acceptors (Lipinski definition) is 4. The zero-order chi connectivity index (χ0) is 12.3. The summed E-state index contributed by atoms with van der Waals surface area (Å²) in [6.07, 6.45) is 2.05. The lowest BCUT2D eigenvalue weighted by Gasteiger charge is -2.15. The lowest BCUT2D eigenvalue weighted by Crippen LogP contribution is -2.17. The average Bonchev–Trinajstić information content (AvgIpc) is 2.69. The number of aryl methyl sites for hydroxylation is 1. The second-order valence-corrected chi connectivity index (χ2v) is 4.23. The van der Waals surface area contributed by atoms with Crippen LogP contribution in [0.2, 0.25) is 0 Å². The number of nitrogens with zero attached hydrogens (tertiary/aromatic N) is 1. The Labute approximate surface area is 101 Å². The molecule has 1 heterocycles. The quantitative estimate of drug-likeness (QED) is 0.830. The maximum atomic E-state index is 5.55. The van der Waals surface area contributed by atoms with Crippen LogP contribution in [0.1, 0.15) is 30.3 Å². The smallest absolute Gasteiger partial charge is 0.192 e. The summed E-state index contributed by atoms with van der Waals surface area (Å²) in [4.78, 5) is 4.29. The highest BCUT2D eigenvalue weighted by Crippen LogP contribution is 2.23. The Balaban J connectivity index is 2.26. The first-order valence-corrected chi connectivity index (χ1v) is 5.99. The van der Waals surface area contributed by atoms with Crippen molar-refractivity contribution in [1.29, 1.82) is 0 Å². The van der Waals surface area contributed by atoms with E-state index in [0.29, 0.717) is 11.9 Å². The third-order valence-corrected chi connectivity index (χ3v) is 2.97. The molecular formula is C13H19N3O. The van der Waals surface area contributed by atoms with Gasteiger partial charge in [-0.05, 0) is 44.1 Å². The first-order chi connectivity index (χ1) is 8.24. The number of hydrogen-bond donors (Lipinski definition) is 2. The van der Waals surface area contributed by atoms with E-state index < -0.39 is 0 Å². The van der Waals surface area contributed by atoms with Crippen LogP contribution < -0.4 is 11.1 Å². The molecule has 0 amide bonds. The van der Waals surface area contributed by atoms with Crippen molar-refractivity contribution in [2.75, 3.05) is 13.6 Å². The number of aromatic nitrogens is 1. The van der Waals surface area contributed by atoms with Crippen LogP contribution >= 0.6 is 0 Å². The van der Waals surface area contributed by atoms with Gasteiger partial charge in [0.2, 0.25) is 0 Å². The molecule has 0 saturated carbocycles. The number of nitrogens with one attached hydrogen (secondary N) is 1. The molecule has 0 saturated heterocycles. The maximum absolute atomic E-state index is 5.55. The minimum Gasteiger partial charge on any atom is -0.441 e. The highest BCUT2D eigenvalue weighted by Gasteiger charge is 2.11. The summed E-state index contributed by atoms with van der Waals surface area (Å²) in [5.74, 6) is 0.708. The number of fused-ring (bicyclic) bond motifs is 1. The summed E-state index contributed by atoms with van der Waals surface area (Å²) in [5.41, 5.74) is 8.54. The molecule has 0 fully saturated rings. The molecule has 92 valence electrons. The average molecular weight is 233 g/mol. The van der Waals surface area contributed by atoms with Crippen molar-refractivity contribution in [2.45, 2.75) is 25.8 Å². The van der Waals surface area contributed by atoms with Gasteiger partial charge in [0.15, 0.2) is 11.5 Å². The van der Waals surface area contributed by atoms with Crippen molar-refractivity contribution in [3.63, 3.8) is 0 Å². The summed E-state index contributed by atoms with van der Waals surface area (Å²) in [5, 5.41) is 3.31. The van der Waals surface area contributed by atoms with Gasteiger partial charge in [0, 0.05) is 13.0 Å². The lowest BCUT2D eigenvalue weighted by atomic mass is 10.0. The van der Waals surface area contributed by atoms with Crippen molar-refractivity contribution >= 4 is 11.1 Å². The fourth-order valence-electron chi connectivity index (χ4n) is 2.07. The van der Waals surface area contributed by atoms with E-state index in [9.17, 15) is 0 Å². The molecule has 0 radical (unpaired) electrons. The number of nitrogens with two attached hydrogens (primary N) is 1. The van der Waals surface area contributed by atoms with Crippen LogP contribution in [0.25, 0.3) is 11.1 Å². The molecular weight excluding hydrogens is 214 g/mol. The predicted molar refractivity (Wildman–Crippen MR) is 68.8 cm³/mol. The second kappa shape index (κ2) is 5.29. The summed E-state index contributed by atoms with van der Waals surface area (Å²) >= 11 is 0. The van der Waals surface area contributed by atoms with Crippen LogP contribution in [-0.2, 0) is 0 Å². The number of rotatable bonds is 5. The molecule has 0 aliphatic rings. The molecule has 17 heavy (non-hydrogen) atoms. The Hall–Kier alpha value is -1.39. The van der Waals surface area contributed by atoms with Gasteiger partial charge in [0.25, 0.3) is 0 Å². The van der Waals surface area contributed by atoms with E-state index in [4.69, 9.17) is 10.2 Å². The van der Waals surface area contributed by atoms with Crippen molar-refractivity contribution in [2.24, 2.45) is 5.73 Å². The molecule has 1 unspecified atom stereocenters. The van der Waals surface area contributed by atoms with Gasteiger partial charge in [-0.2, -0.15) is 0 Å². The number of benzene rings is 1. The molecule has 1 atom stereocenters. The third-order valence-electron chi connectivity index (χ3n) is 2.97. The van der Waals surface area contributed by atoms with Gasteiger partial charge in [-0.3, -0.25) is 0 Å². The molecule has 0 aliphatic carbocycles. The number of oxazole rings is 1. The van der Waals surface area contributed by atoms with E-state index in [1.165, 1.54) is 5.56 Å². The summed E-state index contributed by atoms with van der Waals surface area (Å²) < 4.78 is 5.54. The van der Waals surface area contributed by atoms with Gasteiger partial charge < -0.3 is 15.5 Å². The van der Waals surface area contributed by atoms with E-state index in [1.807, 2.05) is 20.0 Å². The Kier molecular flexibility index (Phi) is 3.76. The van der Waals surface area contributed by atoms with Gasteiger partial charge >= 0.3 is 0 Å². The molecule has 3 N–H and O–H groups in total. The normalized spacial score (nSPS) is 13.1. The van der Waals surface area contributed by atoms with Gasteiger partial charge in [0.05, 0.1) is 0 Å². The maximum Gasteiger partial charge on any atom is 0.192 e. The molecule has 2 rings (SSSR count). The molecule has 1 aromatic heterocycles. The van der Waals surface area contributed by atoms with Crippen LogP contribution in [-0.4, -0.2) is 18.6 Å². The molecule has 0 bridgehead atoms. The van der Waals surface area contributed by atoms with Crippen LogP contribution in [0.4, 0.5) is 0 Å². The van der Waals surface area contributed by atoms with Gasteiger partial charge in [0.1, 0.15) is 5.52 Å². The van der Waals surface area contributed by atoms with Crippen molar-refractivity contribution in [1.82, 2.24) is 10.3 Å². The Morgan fingerprint density at radius 2 is 2.29 bits per heavy atom. The molecule has 1 aromatic carbocycles. The Morgan fingerprint density at radius 1 is 1.47 bits per heavy atom. The Bertz CT molecular complexity index is 492. The monoisotopic (exact) mass is 233 g/mol. The third kappa shape index (κ3) is 2.65. The molecule has 2 aromatic rings. The largest absolute Gasteiger partial charge is 0.441 e. The minimum absolute atomic E-state index is 0.327. The summed E-state index contributed by atoms with van der Waals surface area (Å²) in [6.45, 7) is 2.59. The fourth-order valence-corrected chi connectivity index (χ4v) is 2.07. The van der Waals surface area contributed by atoms with Crippen LogP contribution in [0.15, 0.2) is 22.6 Å². The van der Waals surface area contributed by atoms with E-state index in [1.54, 1.807) is 0 Å². The van der Waals surface area contributed by atoms with Gasteiger partial charge in [-0.15, -0.1) is 0 Å². The standard InChI is InChI=1S/C13H19N3O/c1-9-16-12-6-5-10(8-13(12)17-9)11(15-2)4-3-7-14/h5-6,8,11,15H,3-4,7,14H2,1-2H3. The van der Waals surface area contributed by atoms with Gasteiger partial charge in [-0.25, -0.2) is 4.98 Å². The second-order valence-electron chi connectivity index (χ2n) is 4.23. The van der Waals surface area contributed by atoms with Crippen LogP contribution in [0, 0.1) is 6.92 Å². The van der Waals surface area contributed by atoms with Crippen molar-refractivity contribution in [3.8, 4) is 0 Å². The molecule has 0 aliphatic heterocycles. The fraction of sp³-hybridized carbons (Fsp3) is 0.462. The summed E-state index contributed by atoms with van der Waals surface area (Å²) in [7, 11) is 1.97. The van der Waals surface area contributed by atoms with Crippen LogP contribution in [0.5, 0.6) is 0 Å².